The van der Waals surface area contributed by atoms with Crippen LogP contribution in [0.1, 0.15) is 30.7 Å². The number of aromatic nitrogens is 3. The number of ether oxygens (including phenoxy) is 1. The minimum atomic E-state index is -0.120. The SMILES string of the molecule is CCOC(C)c1nc(Cn2ncccc2=O)cs1. The second-order valence-electron chi connectivity index (χ2n) is 3.79. The maximum atomic E-state index is 11.5. The van der Waals surface area contributed by atoms with E-state index in [-0.39, 0.29) is 11.7 Å². The van der Waals surface area contributed by atoms with Crippen LogP contribution >= 0.6 is 11.3 Å². The molecule has 0 saturated heterocycles. The van der Waals surface area contributed by atoms with E-state index in [1.54, 1.807) is 23.6 Å². The van der Waals surface area contributed by atoms with E-state index in [1.807, 2.05) is 19.2 Å². The quantitative estimate of drug-likeness (QED) is 0.827. The molecule has 6 heteroatoms. The molecule has 1 atom stereocenters. The van der Waals surface area contributed by atoms with E-state index in [2.05, 4.69) is 10.1 Å². The third-order valence-corrected chi connectivity index (χ3v) is 3.49. The van der Waals surface area contributed by atoms with Gasteiger partial charge in [0.15, 0.2) is 0 Å². The van der Waals surface area contributed by atoms with Crippen molar-refractivity contribution in [3.8, 4) is 0 Å². The van der Waals surface area contributed by atoms with Crippen LogP contribution < -0.4 is 5.56 Å². The lowest BCUT2D eigenvalue weighted by atomic mass is 10.4. The molecule has 0 N–H and O–H groups in total. The highest BCUT2D eigenvalue weighted by molar-refractivity contribution is 7.09. The predicted octanol–water partition coefficient (Wildman–Crippen LogP) is 1.85. The summed E-state index contributed by atoms with van der Waals surface area (Å²) in [4.78, 5) is 16.0. The van der Waals surface area contributed by atoms with Gasteiger partial charge in [-0.2, -0.15) is 5.10 Å². The molecule has 0 aliphatic heterocycles. The van der Waals surface area contributed by atoms with E-state index in [0.29, 0.717) is 13.2 Å². The summed E-state index contributed by atoms with van der Waals surface area (Å²) >= 11 is 1.54. The fourth-order valence-corrected chi connectivity index (χ4v) is 2.38. The molecule has 0 saturated carbocycles. The van der Waals surface area contributed by atoms with Crippen LogP contribution in [-0.2, 0) is 11.3 Å². The zero-order valence-corrected chi connectivity index (χ0v) is 11.2. The predicted molar refractivity (Wildman–Crippen MR) is 69.8 cm³/mol. The van der Waals surface area contributed by atoms with Crippen LogP contribution in [0.2, 0.25) is 0 Å². The van der Waals surface area contributed by atoms with Crippen molar-refractivity contribution in [2.24, 2.45) is 0 Å². The van der Waals surface area contributed by atoms with Crippen LogP contribution in [0.4, 0.5) is 0 Å². The van der Waals surface area contributed by atoms with Gasteiger partial charge in [0.25, 0.3) is 5.56 Å². The van der Waals surface area contributed by atoms with Crippen LogP contribution in [0.5, 0.6) is 0 Å². The zero-order valence-electron chi connectivity index (χ0n) is 10.4. The van der Waals surface area contributed by atoms with E-state index in [9.17, 15) is 4.79 Å². The minimum Gasteiger partial charge on any atom is -0.372 e. The average Bonchev–Trinajstić information content (AvgIpc) is 2.81. The van der Waals surface area contributed by atoms with Crippen molar-refractivity contribution in [1.29, 1.82) is 0 Å². The van der Waals surface area contributed by atoms with Crippen molar-refractivity contribution in [2.75, 3.05) is 6.61 Å². The van der Waals surface area contributed by atoms with Gasteiger partial charge >= 0.3 is 0 Å². The maximum Gasteiger partial charge on any atom is 0.267 e. The summed E-state index contributed by atoms with van der Waals surface area (Å²) < 4.78 is 6.87. The van der Waals surface area contributed by atoms with Crippen molar-refractivity contribution in [3.05, 3.63) is 44.8 Å². The maximum absolute atomic E-state index is 11.5. The second kappa shape index (κ2) is 5.88. The van der Waals surface area contributed by atoms with Crippen molar-refractivity contribution in [2.45, 2.75) is 26.5 Å². The fourth-order valence-electron chi connectivity index (χ4n) is 1.56. The normalized spacial score (nSPS) is 12.6. The molecule has 0 bridgehead atoms. The summed E-state index contributed by atoms with van der Waals surface area (Å²) in [5.74, 6) is 0. The molecule has 0 aliphatic rings. The van der Waals surface area contributed by atoms with Gasteiger partial charge in [-0.05, 0) is 19.9 Å². The Morgan fingerprint density at radius 2 is 2.39 bits per heavy atom. The lowest BCUT2D eigenvalue weighted by Crippen LogP contribution is -2.21. The summed E-state index contributed by atoms with van der Waals surface area (Å²) in [5.41, 5.74) is 0.715. The third-order valence-electron chi connectivity index (χ3n) is 2.43. The summed E-state index contributed by atoms with van der Waals surface area (Å²) in [7, 11) is 0. The molecule has 2 aromatic rings. The number of hydrogen-bond donors (Lipinski definition) is 0. The van der Waals surface area contributed by atoms with Crippen LogP contribution in [0.15, 0.2) is 28.5 Å². The topological polar surface area (TPSA) is 57.0 Å². The van der Waals surface area contributed by atoms with Gasteiger partial charge in [-0.3, -0.25) is 4.79 Å². The van der Waals surface area contributed by atoms with Crippen LogP contribution in [-0.4, -0.2) is 21.4 Å². The zero-order chi connectivity index (χ0) is 13.0. The van der Waals surface area contributed by atoms with Gasteiger partial charge < -0.3 is 4.74 Å². The molecule has 2 aromatic heterocycles. The molecule has 0 fully saturated rings. The first-order valence-electron chi connectivity index (χ1n) is 5.78. The molecule has 0 aromatic carbocycles. The molecular weight excluding hydrogens is 250 g/mol. The first-order chi connectivity index (χ1) is 8.70. The summed E-state index contributed by atoms with van der Waals surface area (Å²) in [6, 6.07) is 3.12. The molecule has 18 heavy (non-hydrogen) atoms. The highest BCUT2D eigenvalue weighted by atomic mass is 32.1. The van der Waals surface area contributed by atoms with Crippen molar-refractivity contribution in [3.63, 3.8) is 0 Å². The molecule has 0 spiro atoms. The van der Waals surface area contributed by atoms with Crippen LogP contribution in [0, 0.1) is 0 Å². The Morgan fingerprint density at radius 1 is 1.56 bits per heavy atom. The Morgan fingerprint density at radius 3 is 3.11 bits per heavy atom. The van der Waals surface area contributed by atoms with Crippen molar-refractivity contribution in [1.82, 2.24) is 14.8 Å². The van der Waals surface area contributed by atoms with E-state index in [1.165, 1.54) is 10.7 Å². The molecule has 0 amide bonds. The first-order valence-corrected chi connectivity index (χ1v) is 6.66. The molecular formula is C12H15N3O2S. The Kier molecular flexibility index (Phi) is 4.22. The number of thiazole rings is 1. The highest BCUT2D eigenvalue weighted by Crippen LogP contribution is 2.21. The Labute approximate surface area is 109 Å². The van der Waals surface area contributed by atoms with Crippen molar-refractivity contribution < 1.29 is 4.74 Å². The molecule has 1 unspecified atom stereocenters. The number of rotatable bonds is 5. The molecule has 96 valence electrons. The van der Waals surface area contributed by atoms with E-state index in [0.717, 1.165) is 10.7 Å². The standard InChI is InChI=1S/C12H15N3O2S/c1-3-17-9(2)12-14-10(8-18-12)7-15-11(16)5-4-6-13-15/h4-6,8-9H,3,7H2,1-2H3. The minimum absolute atomic E-state index is 0.00537. The molecule has 0 aliphatic carbocycles. The van der Waals surface area contributed by atoms with E-state index in [4.69, 9.17) is 4.74 Å². The highest BCUT2D eigenvalue weighted by Gasteiger charge is 2.10. The average molecular weight is 265 g/mol. The number of hydrogen-bond acceptors (Lipinski definition) is 5. The Hall–Kier alpha value is -1.53. The first kappa shape index (κ1) is 12.9. The van der Waals surface area contributed by atoms with Gasteiger partial charge in [0.2, 0.25) is 0 Å². The molecule has 5 nitrogen and oxygen atoms in total. The van der Waals surface area contributed by atoms with E-state index < -0.39 is 0 Å². The molecule has 2 rings (SSSR count). The Bertz CT molecular complexity index is 564. The lowest BCUT2D eigenvalue weighted by molar-refractivity contribution is 0.0761. The van der Waals surface area contributed by atoms with E-state index >= 15 is 0 Å². The van der Waals surface area contributed by atoms with Crippen molar-refractivity contribution >= 4 is 11.3 Å². The van der Waals surface area contributed by atoms with Gasteiger partial charge in [-0.25, -0.2) is 9.67 Å². The third kappa shape index (κ3) is 3.02. The number of nitrogens with zero attached hydrogens (tertiary/aromatic N) is 3. The smallest absolute Gasteiger partial charge is 0.267 e. The summed E-state index contributed by atoms with van der Waals surface area (Å²) in [6.45, 7) is 4.99. The largest absolute Gasteiger partial charge is 0.372 e. The lowest BCUT2D eigenvalue weighted by Gasteiger charge is -2.07. The van der Waals surface area contributed by atoms with Crippen LogP contribution in [0.25, 0.3) is 0 Å². The molecule has 2 heterocycles. The fraction of sp³-hybridized carbons (Fsp3) is 0.417. The second-order valence-corrected chi connectivity index (χ2v) is 4.68. The van der Waals surface area contributed by atoms with Gasteiger partial charge in [-0.1, -0.05) is 0 Å². The van der Waals surface area contributed by atoms with Crippen LogP contribution in [0.3, 0.4) is 0 Å². The summed E-state index contributed by atoms with van der Waals surface area (Å²) in [5, 5.41) is 6.86. The monoisotopic (exact) mass is 265 g/mol. The Balaban J connectivity index is 2.12. The van der Waals surface area contributed by atoms with Gasteiger partial charge in [0.05, 0.1) is 12.2 Å². The van der Waals surface area contributed by atoms with Gasteiger partial charge in [0, 0.05) is 24.3 Å². The summed E-state index contributed by atoms with van der Waals surface area (Å²) in [6.07, 6.45) is 1.59. The van der Waals surface area contributed by atoms with Gasteiger partial charge in [-0.15, -0.1) is 11.3 Å². The molecule has 0 radical (unpaired) electrons. The van der Waals surface area contributed by atoms with Gasteiger partial charge in [0.1, 0.15) is 11.1 Å².